The average Bonchev–Trinajstić information content (AvgIpc) is 3.24. The molecule has 0 atom stereocenters. The monoisotopic (exact) mass is 298 g/mol. The van der Waals surface area contributed by atoms with Gasteiger partial charge in [-0.1, -0.05) is 18.2 Å². The lowest BCUT2D eigenvalue weighted by molar-refractivity contribution is 0.0942. The van der Waals surface area contributed by atoms with Crippen LogP contribution in [0.2, 0.25) is 0 Å². The molecule has 1 saturated carbocycles. The fourth-order valence-electron chi connectivity index (χ4n) is 2.62. The van der Waals surface area contributed by atoms with E-state index >= 15 is 0 Å². The number of aromatic nitrogens is 1. The maximum atomic E-state index is 12.5. The second-order valence-corrected chi connectivity index (χ2v) is 5.58. The molecular formula is C18H22N2O2. The number of hydrogen-bond acceptors (Lipinski definition) is 2. The first kappa shape index (κ1) is 14.7. The topological polar surface area (TPSA) is 43.3 Å². The van der Waals surface area contributed by atoms with E-state index in [4.69, 9.17) is 4.74 Å². The van der Waals surface area contributed by atoms with Crippen molar-refractivity contribution in [2.75, 3.05) is 6.61 Å². The lowest BCUT2D eigenvalue weighted by Gasteiger charge is -2.09. The molecule has 0 spiro atoms. The quantitative estimate of drug-likeness (QED) is 0.829. The summed E-state index contributed by atoms with van der Waals surface area (Å²) in [5, 5.41) is 4.07. The number of rotatable bonds is 6. The molecule has 0 unspecified atom stereocenters. The summed E-state index contributed by atoms with van der Waals surface area (Å²) >= 11 is 0. The zero-order chi connectivity index (χ0) is 15.5. The summed E-state index contributed by atoms with van der Waals surface area (Å²) in [5.74, 6) is 0.838. The number of carbonyl (C=O) groups is 1. The molecule has 0 aliphatic heterocycles. The van der Waals surface area contributed by atoms with Crippen molar-refractivity contribution in [3.8, 4) is 5.75 Å². The third-order valence-electron chi connectivity index (χ3n) is 3.87. The van der Waals surface area contributed by atoms with Crippen LogP contribution < -0.4 is 10.1 Å². The predicted molar refractivity (Wildman–Crippen MR) is 88.4 cm³/mol. The number of allylic oxidation sites excluding steroid dienone is 2. The fourth-order valence-corrected chi connectivity index (χ4v) is 2.62. The third-order valence-corrected chi connectivity index (χ3v) is 3.87. The Morgan fingerprint density at radius 1 is 1.45 bits per heavy atom. The summed E-state index contributed by atoms with van der Waals surface area (Å²) in [4.78, 5) is 12.5. The van der Waals surface area contributed by atoms with Crippen molar-refractivity contribution < 1.29 is 9.53 Å². The van der Waals surface area contributed by atoms with Gasteiger partial charge in [-0.2, -0.15) is 0 Å². The molecule has 1 fully saturated rings. The molecular weight excluding hydrogens is 276 g/mol. The Hall–Kier alpha value is -2.23. The second-order valence-electron chi connectivity index (χ2n) is 5.58. The molecule has 1 aliphatic rings. The first-order valence-corrected chi connectivity index (χ1v) is 7.91. The van der Waals surface area contributed by atoms with Gasteiger partial charge in [-0.15, -0.1) is 0 Å². The maximum absolute atomic E-state index is 12.5. The molecule has 22 heavy (non-hydrogen) atoms. The maximum Gasteiger partial charge on any atom is 0.268 e. The van der Waals surface area contributed by atoms with Crippen molar-refractivity contribution in [3.05, 3.63) is 42.1 Å². The van der Waals surface area contributed by atoms with Gasteiger partial charge < -0.3 is 14.6 Å². The van der Waals surface area contributed by atoms with Crippen molar-refractivity contribution >= 4 is 16.8 Å². The van der Waals surface area contributed by atoms with Crippen molar-refractivity contribution in [3.63, 3.8) is 0 Å². The van der Waals surface area contributed by atoms with Gasteiger partial charge >= 0.3 is 0 Å². The molecule has 0 saturated heterocycles. The summed E-state index contributed by atoms with van der Waals surface area (Å²) < 4.78 is 7.75. The van der Waals surface area contributed by atoms with Crippen LogP contribution in [0.3, 0.4) is 0 Å². The zero-order valence-electron chi connectivity index (χ0n) is 13.1. The van der Waals surface area contributed by atoms with Crippen LogP contribution in [0.4, 0.5) is 0 Å². The van der Waals surface area contributed by atoms with E-state index in [2.05, 4.69) is 16.0 Å². The lowest BCUT2D eigenvalue weighted by atomic mass is 10.2. The van der Waals surface area contributed by atoms with Gasteiger partial charge in [0.15, 0.2) is 0 Å². The Labute approximate surface area is 130 Å². The number of ether oxygens (including phenoxy) is 1. The number of nitrogens with one attached hydrogen (secondary N) is 1. The predicted octanol–water partition coefficient (Wildman–Crippen LogP) is 3.51. The molecule has 0 bridgehead atoms. The highest BCUT2D eigenvalue weighted by Crippen LogP contribution is 2.30. The minimum atomic E-state index is 0.00523. The largest absolute Gasteiger partial charge is 0.493 e. The molecule has 0 radical (unpaired) electrons. The van der Waals surface area contributed by atoms with Crippen molar-refractivity contribution in [1.82, 2.24) is 9.88 Å². The molecule has 1 amide bonds. The Kier molecular flexibility index (Phi) is 4.18. The first-order valence-electron chi connectivity index (χ1n) is 7.91. The average molecular weight is 298 g/mol. The number of amides is 1. The number of nitrogens with zero attached hydrogens (tertiary/aromatic N) is 1. The smallest absolute Gasteiger partial charge is 0.268 e. The standard InChI is InChI=1S/C18H22N2O2/c1-3-5-11-20-15-7-6-8-17(22-4-2)14(15)12-16(20)18(21)19-13-9-10-13/h3,5-8,12-13H,4,9-11H2,1-2H3,(H,19,21). The summed E-state index contributed by atoms with van der Waals surface area (Å²) in [6.45, 7) is 5.25. The van der Waals surface area contributed by atoms with Crippen LogP contribution in [0.15, 0.2) is 36.4 Å². The highest BCUT2D eigenvalue weighted by Gasteiger charge is 2.26. The molecule has 1 aromatic carbocycles. The van der Waals surface area contributed by atoms with E-state index in [1.807, 2.05) is 44.2 Å². The van der Waals surface area contributed by atoms with Crippen LogP contribution in [-0.2, 0) is 6.54 Å². The van der Waals surface area contributed by atoms with Crippen molar-refractivity contribution in [2.45, 2.75) is 39.3 Å². The van der Waals surface area contributed by atoms with E-state index in [-0.39, 0.29) is 5.91 Å². The normalized spacial score (nSPS) is 14.6. The van der Waals surface area contributed by atoms with E-state index in [0.29, 0.717) is 24.9 Å². The third kappa shape index (κ3) is 2.86. The van der Waals surface area contributed by atoms with Crippen LogP contribution in [0.25, 0.3) is 10.9 Å². The first-order chi connectivity index (χ1) is 10.7. The van der Waals surface area contributed by atoms with Gasteiger partial charge in [-0.3, -0.25) is 4.79 Å². The molecule has 4 nitrogen and oxygen atoms in total. The SMILES string of the molecule is CC=CCn1c(C(=O)NC2CC2)cc2c(OCC)cccc21. The molecule has 1 aromatic heterocycles. The zero-order valence-corrected chi connectivity index (χ0v) is 13.1. The molecule has 2 aromatic rings. The van der Waals surface area contributed by atoms with Gasteiger partial charge in [-0.05, 0) is 44.9 Å². The number of hydrogen-bond donors (Lipinski definition) is 1. The number of carbonyl (C=O) groups excluding carboxylic acids is 1. The Morgan fingerprint density at radius 3 is 2.95 bits per heavy atom. The number of benzene rings is 1. The molecule has 3 rings (SSSR count). The van der Waals surface area contributed by atoms with E-state index in [1.165, 1.54) is 0 Å². The van der Waals surface area contributed by atoms with Gasteiger partial charge in [0, 0.05) is 18.0 Å². The molecule has 1 N–H and O–H groups in total. The van der Waals surface area contributed by atoms with Crippen LogP contribution in [0, 0.1) is 0 Å². The van der Waals surface area contributed by atoms with E-state index < -0.39 is 0 Å². The van der Waals surface area contributed by atoms with E-state index in [9.17, 15) is 4.79 Å². The summed E-state index contributed by atoms with van der Waals surface area (Å²) in [6.07, 6.45) is 6.23. The van der Waals surface area contributed by atoms with Gasteiger partial charge in [0.25, 0.3) is 5.91 Å². The van der Waals surface area contributed by atoms with Crippen LogP contribution >= 0.6 is 0 Å². The van der Waals surface area contributed by atoms with Crippen LogP contribution in [-0.4, -0.2) is 23.1 Å². The highest BCUT2D eigenvalue weighted by atomic mass is 16.5. The summed E-state index contributed by atoms with van der Waals surface area (Å²) in [7, 11) is 0. The van der Waals surface area contributed by atoms with Gasteiger partial charge in [-0.25, -0.2) is 0 Å². The second kappa shape index (κ2) is 6.26. The highest BCUT2D eigenvalue weighted by molar-refractivity contribution is 6.00. The van der Waals surface area contributed by atoms with Crippen LogP contribution in [0.5, 0.6) is 5.75 Å². The molecule has 116 valence electrons. The number of fused-ring (bicyclic) bond motifs is 1. The Bertz CT molecular complexity index is 711. The van der Waals surface area contributed by atoms with Crippen molar-refractivity contribution in [2.24, 2.45) is 0 Å². The summed E-state index contributed by atoms with van der Waals surface area (Å²) in [6, 6.07) is 8.26. The van der Waals surface area contributed by atoms with Gasteiger partial charge in [0.05, 0.1) is 12.1 Å². The fraction of sp³-hybridized carbons (Fsp3) is 0.389. The van der Waals surface area contributed by atoms with Gasteiger partial charge in [0.1, 0.15) is 11.4 Å². The Balaban J connectivity index is 2.07. The van der Waals surface area contributed by atoms with E-state index in [1.54, 1.807) is 0 Å². The lowest BCUT2D eigenvalue weighted by Crippen LogP contribution is -2.27. The van der Waals surface area contributed by atoms with Crippen molar-refractivity contribution in [1.29, 1.82) is 0 Å². The van der Waals surface area contributed by atoms with Gasteiger partial charge in [0.2, 0.25) is 0 Å². The Morgan fingerprint density at radius 2 is 2.27 bits per heavy atom. The van der Waals surface area contributed by atoms with Crippen LogP contribution in [0.1, 0.15) is 37.2 Å². The minimum absolute atomic E-state index is 0.00523. The molecule has 1 heterocycles. The van der Waals surface area contributed by atoms with E-state index in [0.717, 1.165) is 29.5 Å². The molecule has 1 aliphatic carbocycles. The summed E-state index contributed by atoms with van der Waals surface area (Å²) in [5.41, 5.74) is 1.73. The molecule has 4 heteroatoms. The minimum Gasteiger partial charge on any atom is -0.493 e.